The Balaban J connectivity index is 1.96. The molecule has 1 aliphatic carbocycles. The Kier molecular flexibility index (Phi) is 3.21. The SMILES string of the molecule is Nc1cc(F)c(Cl)cc1NCC1CC(O)C1. The fourth-order valence-corrected chi connectivity index (χ4v) is 2.00. The number of nitrogens with one attached hydrogen (secondary N) is 1. The normalized spacial score (nSPS) is 23.9. The number of hydrogen-bond acceptors (Lipinski definition) is 3. The van der Waals surface area contributed by atoms with Gasteiger partial charge in [-0.2, -0.15) is 0 Å². The van der Waals surface area contributed by atoms with Crippen LogP contribution in [0.25, 0.3) is 0 Å². The van der Waals surface area contributed by atoms with Gasteiger partial charge in [-0.3, -0.25) is 0 Å². The maximum atomic E-state index is 13.0. The molecule has 0 saturated heterocycles. The first-order chi connectivity index (χ1) is 7.56. The summed E-state index contributed by atoms with van der Waals surface area (Å²) >= 11 is 5.66. The molecule has 0 atom stereocenters. The first-order valence-corrected chi connectivity index (χ1v) is 5.60. The summed E-state index contributed by atoms with van der Waals surface area (Å²) in [5, 5.41) is 12.3. The van der Waals surface area contributed by atoms with Crippen LogP contribution in [0.2, 0.25) is 5.02 Å². The topological polar surface area (TPSA) is 58.3 Å². The smallest absolute Gasteiger partial charge is 0.143 e. The average molecular weight is 245 g/mol. The lowest BCUT2D eigenvalue weighted by Crippen LogP contribution is -2.33. The zero-order chi connectivity index (χ0) is 11.7. The van der Waals surface area contributed by atoms with Gasteiger partial charge in [0.05, 0.1) is 22.5 Å². The largest absolute Gasteiger partial charge is 0.397 e. The molecule has 0 aliphatic heterocycles. The van der Waals surface area contributed by atoms with Crippen molar-refractivity contribution in [2.24, 2.45) is 5.92 Å². The minimum atomic E-state index is -0.510. The summed E-state index contributed by atoms with van der Waals surface area (Å²) in [4.78, 5) is 0. The number of aliphatic hydroxyl groups is 1. The number of hydrogen-bond donors (Lipinski definition) is 3. The summed E-state index contributed by atoms with van der Waals surface area (Å²) in [6.07, 6.45) is 1.45. The molecular weight excluding hydrogens is 231 g/mol. The fourth-order valence-electron chi connectivity index (χ4n) is 1.84. The third-order valence-corrected chi connectivity index (χ3v) is 3.17. The Labute approximate surface area is 98.4 Å². The lowest BCUT2D eigenvalue weighted by atomic mass is 9.82. The molecule has 1 fully saturated rings. The molecule has 5 heteroatoms. The Morgan fingerprint density at radius 1 is 1.50 bits per heavy atom. The number of nitrogen functional groups attached to an aromatic ring is 1. The second-order valence-corrected chi connectivity index (χ2v) is 4.63. The molecule has 0 bridgehead atoms. The van der Waals surface area contributed by atoms with Crippen LogP contribution < -0.4 is 11.1 Å². The van der Waals surface area contributed by atoms with E-state index in [1.165, 1.54) is 12.1 Å². The second kappa shape index (κ2) is 4.47. The predicted octanol–water partition coefficient (Wildman–Crippen LogP) is 2.24. The Morgan fingerprint density at radius 3 is 2.81 bits per heavy atom. The van der Waals surface area contributed by atoms with Gasteiger partial charge in [-0.1, -0.05) is 11.6 Å². The van der Waals surface area contributed by atoms with E-state index < -0.39 is 5.82 Å². The number of aliphatic hydroxyl groups excluding tert-OH is 1. The summed E-state index contributed by atoms with van der Waals surface area (Å²) in [5.41, 5.74) is 6.65. The molecule has 1 aromatic rings. The van der Waals surface area contributed by atoms with Crippen LogP contribution in [0.15, 0.2) is 12.1 Å². The van der Waals surface area contributed by atoms with Crippen molar-refractivity contribution in [1.82, 2.24) is 0 Å². The Bertz CT molecular complexity index is 394. The first-order valence-electron chi connectivity index (χ1n) is 5.22. The van der Waals surface area contributed by atoms with Crippen molar-refractivity contribution in [3.63, 3.8) is 0 Å². The van der Waals surface area contributed by atoms with Crippen LogP contribution in [-0.4, -0.2) is 17.8 Å². The van der Waals surface area contributed by atoms with E-state index >= 15 is 0 Å². The van der Waals surface area contributed by atoms with E-state index in [2.05, 4.69) is 5.32 Å². The molecule has 4 N–H and O–H groups in total. The third kappa shape index (κ3) is 2.39. The standard InChI is InChI=1S/C11H14ClFN2O/c12-8-3-11(10(14)4-9(8)13)15-5-6-1-7(16)2-6/h3-4,6-7,15-16H,1-2,5,14H2. The maximum absolute atomic E-state index is 13.0. The molecule has 0 radical (unpaired) electrons. The van der Waals surface area contributed by atoms with Gasteiger partial charge in [0.25, 0.3) is 0 Å². The summed E-state index contributed by atoms with van der Waals surface area (Å²) in [6.45, 7) is 0.725. The predicted molar refractivity (Wildman–Crippen MR) is 63.0 cm³/mol. The molecule has 1 aliphatic rings. The number of rotatable bonds is 3. The van der Waals surface area contributed by atoms with Gasteiger partial charge in [0, 0.05) is 12.6 Å². The van der Waals surface area contributed by atoms with Gasteiger partial charge in [-0.25, -0.2) is 4.39 Å². The van der Waals surface area contributed by atoms with E-state index in [1.54, 1.807) is 0 Å². The number of anilines is 2. The summed E-state index contributed by atoms with van der Waals surface area (Å²) in [7, 11) is 0. The highest BCUT2D eigenvalue weighted by Crippen LogP contribution is 2.30. The molecule has 2 rings (SSSR count). The Morgan fingerprint density at radius 2 is 2.19 bits per heavy atom. The molecule has 16 heavy (non-hydrogen) atoms. The summed E-state index contributed by atoms with van der Waals surface area (Å²) in [5.74, 6) is -0.0537. The van der Waals surface area contributed by atoms with Gasteiger partial charge < -0.3 is 16.2 Å². The molecule has 1 aromatic carbocycles. The number of halogens is 2. The minimum absolute atomic E-state index is 0.0605. The van der Waals surface area contributed by atoms with Gasteiger partial charge in [-0.05, 0) is 24.8 Å². The highest BCUT2D eigenvalue weighted by molar-refractivity contribution is 6.31. The number of nitrogens with two attached hydrogens (primary N) is 1. The van der Waals surface area contributed by atoms with Crippen LogP contribution in [0.4, 0.5) is 15.8 Å². The van der Waals surface area contributed by atoms with Crippen LogP contribution in [0, 0.1) is 11.7 Å². The molecule has 0 aromatic heterocycles. The molecular formula is C11H14ClFN2O. The van der Waals surface area contributed by atoms with Crippen LogP contribution in [0.3, 0.4) is 0 Å². The zero-order valence-corrected chi connectivity index (χ0v) is 9.47. The van der Waals surface area contributed by atoms with E-state index in [-0.39, 0.29) is 11.1 Å². The van der Waals surface area contributed by atoms with Crippen molar-refractivity contribution in [2.45, 2.75) is 18.9 Å². The molecule has 1 saturated carbocycles. The van der Waals surface area contributed by atoms with Crippen molar-refractivity contribution in [1.29, 1.82) is 0 Å². The maximum Gasteiger partial charge on any atom is 0.143 e. The molecule has 0 spiro atoms. The number of benzene rings is 1. The van der Waals surface area contributed by atoms with Gasteiger partial charge >= 0.3 is 0 Å². The fraction of sp³-hybridized carbons (Fsp3) is 0.455. The molecule has 0 unspecified atom stereocenters. The van der Waals surface area contributed by atoms with E-state index in [9.17, 15) is 4.39 Å². The van der Waals surface area contributed by atoms with E-state index in [4.69, 9.17) is 22.4 Å². The second-order valence-electron chi connectivity index (χ2n) is 4.23. The lowest BCUT2D eigenvalue weighted by Gasteiger charge is -2.31. The van der Waals surface area contributed by atoms with Crippen LogP contribution in [0.5, 0.6) is 0 Å². The van der Waals surface area contributed by atoms with Gasteiger partial charge in [-0.15, -0.1) is 0 Å². The van der Waals surface area contributed by atoms with Crippen molar-refractivity contribution >= 4 is 23.0 Å². The highest BCUT2D eigenvalue weighted by atomic mass is 35.5. The van der Waals surface area contributed by atoms with Crippen LogP contribution in [-0.2, 0) is 0 Å². The monoisotopic (exact) mass is 244 g/mol. The van der Waals surface area contributed by atoms with Crippen molar-refractivity contribution in [3.05, 3.63) is 23.0 Å². The van der Waals surface area contributed by atoms with Crippen LogP contribution in [0.1, 0.15) is 12.8 Å². The van der Waals surface area contributed by atoms with Crippen molar-refractivity contribution in [2.75, 3.05) is 17.6 Å². The van der Waals surface area contributed by atoms with E-state index in [0.717, 1.165) is 19.4 Å². The molecule has 3 nitrogen and oxygen atoms in total. The van der Waals surface area contributed by atoms with E-state index in [1.807, 2.05) is 0 Å². The van der Waals surface area contributed by atoms with E-state index in [0.29, 0.717) is 17.3 Å². The van der Waals surface area contributed by atoms with Crippen molar-refractivity contribution < 1.29 is 9.50 Å². The lowest BCUT2D eigenvalue weighted by molar-refractivity contribution is 0.0487. The van der Waals surface area contributed by atoms with Crippen LogP contribution >= 0.6 is 11.6 Å². The molecule has 0 amide bonds. The quantitative estimate of drug-likeness (QED) is 0.715. The third-order valence-electron chi connectivity index (χ3n) is 2.88. The Hall–Kier alpha value is -1.00. The highest BCUT2D eigenvalue weighted by Gasteiger charge is 2.26. The van der Waals surface area contributed by atoms with Gasteiger partial charge in [0.15, 0.2) is 0 Å². The summed E-state index contributed by atoms with van der Waals surface area (Å²) < 4.78 is 13.0. The minimum Gasteiger partial charge on any atom is -0.397 e. The first kappa shape index (κ1) is 11.5. The van der Waals surface area contributed by atoms with Crippen molar-refractivity contribution in [3.8, 4) is 0 Å². The molecule has 88 valence electrons. The summed E-state index contributed by atoms with van der Waals surface area (Å²) in [6, 6.07) is 2.70. The molecule has 0 heterocycles. The zero-order valence-electron chi connectivity index (χ0n) is 8.71. The average Bonchev–Trinajstić information content (AvgIpc) is 2.18. The van der Waals surface area contributed by atoms with Gasteiger partial charge in [0.2, 0.25) is 0 Å². The van der Waals surface area contributed by atoms with Gasteiger partial charge in [0.1, 0.15) is 5.82 Å².